The number of halogens is 1. The van der Waals surface area contributed by atoms with Crippen LogP contribution in [0.4, 0.5) is 5.69 Å². The highest BCUT2D eigenvalue weighted by Gasteiger charge is 2.25. The van der Waals surface area contributed by atoms with Crippen molar-refractivity contribution in [1.82, 2.24) is 0 Å². The quantitative estimate of drug-likeness (QED) is 0.0805. The van der Waals surface area contributed by atoms with Crippen molar-refractivity contribution < 1.29 is 28.7 Å². The number of aliphatic imine (C=N–C) groups is 1. The van der Waals surface area contributed by atoms with Crippen LogP contribution in [0.2, 0.25) is 5.02 Å². The summed E-state index contributed by atoms with van der Waals surface area (Å²) in [6, 6.07) is 16.1. The van der Waals surface area contributed by atoms with Crippen LogP contribution in [0.3, 0.4) is 0 Å². The van der Waals surface area contributed by atoms with Crippen molar-refractivity contribution in [3.63, 3.8) is 0 Å². The molecule has 0 spiro atoms. The number of nitro benzene ring substituents is 1. The number of cyclic esters (lactones) is 1. The Morgan fingerprint density at radius 2 is 1.90 bits per heavy atom. The zero-order valence-electron chi connectivity index (χ0n) is 20.6. The van der Waals surface area contributed by atoms with Gasteiger partial charge in [-0.2, -0.15) is 0 Å². The Bertz CT molecular complexity index is 1710. The first-order valence-corrected chi connectivity index (χ1v) is 12.9. The number of fused-ring (bicyclic) bond motifs is 1. The molecule has 0 saturated heterocycles. The van der Waals surface area contributed by atoms with E-state index in [-0.39, 0.29) is 27.9 Å². The molecule has 0 atom stereocenters. The molecule has 0 aliphatic carbocycles. The van der Waals surface area contributed by atoms with Gasteiger partial charge in [0.25, 0.3) is 5.69 Å². The van der Waals surface area contributed by atoms with E-state index in [0.717, 1.165) is 15.6 Å². The average molecular weight is 563 g/mol. The summed E-state index contributed by atoms with van der Waals surface area (Å²) in [7, 11) is 0. The van der Waals surface area contributed by atoms with Gasteiger partial charge in [-0.25, -0.2) is 14.6 Å². The van der Waals surface area contributed by atoms with Crippen molar-refractivity contribution in [2.75, 3.05) is 6.61 Å². The van der Waals surface area contributed by atoms with Gasteiger partial charge in [0, 0.05) is 27.8 Å². The maximum atomic E-state index is 13.0. The molecular formula is C28H19ClN2O7S. The van der Waals surface area contributed by atoms with E-state index >= 15 is 0 Å². The van der Waals surface area contributed by atoms with Crippen molar-refractivity contribution in [2.45, 2.75) is 13.8 Å². The molecule has 0 amide bonds. The van der Waals surface area contributed by atoms with Crippen LogP contribution < -0.4 is 9.47 Å². The van der Waals surface area contributed by atoms with Crippen LogP contribution in [0.25, 0.3) is 16.2 Å². The van der Waals surface area contributed by atoms with Crippen LogP contribution in [0, 0.1) is 17.0 Å². The second-order valence-corrected chi connectivity index (χ2v) is 9.84. The van der Waals surface area contributed by atoms with Gasteiger partial charge in [-0.1, -0.05) is 29.8 Å². The predicted octanol–water partition coefficient (Wildman–Crippen LogP) is 6.73. The molecule has 0 N–H and O–H groups in total. The highest BCUT2D eigenvalue weighted by molar-refractivity contribution is 7.21. The minimum absolute atomic E-state index is 0.0305. The van der Waals surface area contributed by atoms with E-state index in [0.29, 0.717) is 28.5 Å². The lowest BCUT2D eigenvalue weighted by Gasteiger charge is -2.11. The molecule has 3 aromatic carbocycles. The van der Waals surface area contributed by atoms with Gasteiger partial charge < -0.3 is 14.2 Å². The Kier molecular flexibility index (Phi) is 7.14. The number of benzene rings is 3. The number of rotatable bonds is 7. The molecule has 1 aliphatic rings. The molecule has 5 rings (SSSR count). The summed E-state index contributed by atoms with van der Waals surface area (Å²) in [5.41, 5.74) is 1.97. The third-order valence-corrected chi connectivity index (χ3v) is 7.33. The number of esters is 2. The summed E-state index contributed by atoms with van der Waals surface area (Å²) in [4.78, 5) is 40.3. The number of non-ortho nitro benzene ring substituents is 1. The lowest BCUT2D eigenvalue weighted by Crippen LogP contribution is -2.08. The molecule has 0 radical (unpaired) electrons. The molecule has 39 heavy (non-hydrogen) atoms. The molecule has 4 aromatic rings. The number of nitrogens with zero attached hydrogens (tertiary/aromatic N) is 2. The van der Waals surface area contributed by atoms with E-state index < -0.39 is 16.9 Å². The first-order valence-electron chi connectivity index (χ1n) is 11.7. The first kappa shape index (κ1) is 26.1. The fourth-order valence-electron chi connectivity index (χ4n) is 3.83. The molecule has 9 nitrogen and oxygen atoms in total. The van der Waals surface area contributed by atoms with E-state index in [1.54, 1.807) is 25.1 Å². The van der Waals surface area contributed by atoms with Crippen molar-refractivity contribution in [2.24, 2.45) is 4.99 Å². The smallest absolute Gasteiger partial charge is 0.363 e. The summed E-state index contributed by atoms with van der Waals surface area (Å²) in [6.07, 6.45) is 1.50. The number of carbonyl (C=O) groups excluding carboxylic acids is 2. The third kappa shape index (κ3) is 5.38. The van der Waals surface area contributed by atoms with E-state index in [9.17, 15) is 19.7 Å². The molecule has 0 saturated carbocycles. The number of hydrogen-bond acceptors (Lipinski definition) is 9. The molecular weight excluding hydrogens is 544 g/mol. The number of ether oxygens (including phenoxy) is 3. The largest absolute Gasteiger partial charge is 0.490 e. The lowest BCUT2D eigenvalue weighted by molar-refractivity contribution is -0.384. The maximum absolute atomic E-state index is 13.0. The van der Waals surface area contributed by atoms with E-state index in [2.05, 4.69) is 4.99 Å². The van der Waals surface area contributed by atoms with Gasteiger partial charge in [0.15, 0.2) is 17.2 Å². The van der Waals surface area contributed by atoms with Gasteiger partial charge in [-0.3, -0.25) is 10.1 Å². The van der Waals surface area contributed by atoms with Crippen molar-refractivity contribution in [1.29, 1.82) is 0 Å². The van der Waals surface area contributed by atoms with Crippen LogP contribution in [0.5, 0.6) is 11.5 Å². The summed E-state index contributed by atoms with van der Waals surface area (Å²) in [5, 5.41) is 12.0. The summed E-state index contributed by atoms with van der Waals surface area (Å²) in [6.45, 7) is 4.05. The van der Waals surface area contributed by atoms with Crippen molar-refractivity contribution in [3.05, 3.63) is 103 Å². The second-order valence-electron chi connectivity index (χ2n) is 8.41. The summed E-state index contributed by atoms with van der Waals surface area (Å²) in [5.74, 6) is -0.766. The number of aryl methyl sites for hydroxylation is 1. The van der Waals surface area contributed by atoms with Gasteiger partial charge in [0.2, 0.25) is 5.90 Å². The lowest BCUT2D eigenvalue weighted by atomic mass is 10.1. The van der Waals surface area contributed by atoms with Gasteiger partial charge >= 0.3 is 11.9 Å². The van der Waals surface area contributed by atoms with Gasteiger partial charge in [-0.05, 0) is 61.4 Å². The third-order valence-electron chi connectivity index (χ3n) is 5.69. The van der Waals surface area contributed by atoms with E-state index in [1.165, 1.54) is 41.7 Å². The maximum Gasteiger partial charge on any atom is 0.363 e. The highest BCUT2D eigenvalue weighted by Crippen LogP contribution is 2.38. The Morgan fingerprint density at radius 3 is 2.62 bits per heavy atom. The number of hydrogen-bond donors (Lipinski definition) is 0. The van der Waals surface area contributed by atoms with Crippen LogP contribution in [0.15, 0.2) is 71.4 Å². The minimum Gasteiger partial charge on any atom is -0.490 e. The molecule has 0 fully saturated rings. The van der Waals surface area contributed by atoms with Crippen molar-refractivity contribution >= 4 is 62.6 Å². The minimum atomic E-state index is -0.675. The fourth-order valence-corrected chi connectivity index (χ4v) is 5.32. The van der Waals surface area contributed by atoms with Crippen LogP contribution in [0.1, 0.15) is 33.3 Å². The van der Waals surface area contributed by atoms with E-state index in [4.69, 9.17) is 25.8 Å². The predicted molar refractivity (Wildman–Crippen MR) is 148 cm³/mol. The highest BCUT2D eigenvalue weighted by atomic mass is 35.5. The molecule has 0 bridgehead atoms. The number of nitro groups is 1. The van der Waals surface area contributed by atoms with Crippen molar-refractivity contribution in [3.8, 4) is 11.5 Å². The Labute approximate surface area is 231 Å². The van der Waals surface area contributed by atoms with E-state index in [1.807, 2.05) is 25.1 Å². The topological polar surface area (TPSA) is 117 Å². The van der Waals surface area contributed by atoms with Gasteiger partial charge in [0.1, 0.15) is 4.88 Å². The molecule has 11 heteroatoms. The second kappa shape index (κ2) is 10.7. The van der Waals surface area contributed by atoms with Gasteiger partial charge in [0.05, 0.1) is 16.6 Å². The molecule has 1 aromatic heterocycles. The standard InChI is InChI=1S/C28H19ClN2O7S/c1-3-36-22-14-16(13-20-27(32)38-26(30-20)17-6-8-18(9-7-17)31(34)35)5-11-21(22)37-28(33)25-24(29)19-10-4-15(2)12-23(19)39-25/h4-14H,3H2,1-2H3/b20-13+. The first-order chi connectivity index (χ1) is 18.7. The molecule has 2 heterocycles. The zero-order valence-corrected chi connectivity index (χ0v) is 22.2. The Hall–Kier alpha value is -4.54. The fraction of sp³-hybridized carbons (Fsp3) is 0.107. The average Bonchev–Trinajstić information content (AvgIpc) is 3.44. The number of carbonyl (C=O) groups is 2. The Balaban J connectivity index is 1.40. The van der Waals surface area contributed by atoms with Gasteiger partial charge in [-0.15, -0.1) is 11.3 Å². The summed E-state index contributed by atoms with van der Waals surface area (Å²) < 4.78 is 17.5. The zero-order chi connectivity index (χ0) is 27.7. The summed E-state index contributed by atoms with van der Waals surface area (Å²) >= 11 is 7.72. The molecule has 196 valence electrons. The number of thiophene rings is 1. The Morgan fingerprint density at radius 1 is 1.13 bits per heavy atom. The monoisotopic (exact) mass is 562 g/mol. The van der Waals surface area contributed by atoms with Crippen LogP contribution >= 0.6 is 22.9 Å². The van der Waals surface area contributed by atoms with Crippen LogP contribution in [-0.4, -0.2) is 29.4 Å². The van der Waals surface area contributed by atoms with Crippen LogP contribution in [-0.2, 0) is 9.53 Å². The molecule has 1 aliphatic heterocycles. The normalized spacial score (nSPS) is 13.9. The SMILES string of the molecule is CCOc1cc(/C=C2/N=C(c3ccc([N+](=O)[O-])cc3)OC2=O)ccc1OC(=O)c1sc2cc(C)ccc2c1Cl. The molecule has 0 unspecified atom stereocenters.